The first-order valence-corrected chi connectivity index (χ1v) is 7.24. The molecule has 2 aromatic heterocycles. The van der Waals surface area contributed by atoms with Gasteiger partial charge in [-0.05, 0) is 32.3 Å². The summed E-state index contributed by atoms with van der Waals surface area (Å²) in [6.45, 7) is 4.38. The number of nitrogens with one attached hydrogen (secondary N) is 1. The maximum Gasteiger partial charge on any atom is 0.248 e. The fraction of sp³-hybridized carbons (Fsp3) is 0.571. The lowest BCUT2D eigenvalue weighted by Crippen LogP contribution is -2.27. The fourth-order valence-electron chi connectivity index (χ4n) is 2.11. The standard InChI is InChI=1S/C14H19N5O2/c1-9-7-15-19(8-9)6-5-12(20)16-10(2)14-17-13(18-21-14)11-3-4-11/h7-8,10-11H,3-6H2,1-2H3,(H,16,20)/t10-/m1/s1. The van der Waals surface area contributed by atoms with E-state index in [0.717, 1.165) is 24.2 Å². The van der Waals surface area contributed by atoms with Gasteiger partial charge in [0.05, 0.1) is 6.20 Å². The SMILES string of the molecule is Cc1cnn(CCC(=O)N[C@H](C)c2nc(C3CC3)no2)c1. The van der Waals surface area contributed by atoms with Gasteiger partial charge in [0, 0.05) is 25.1 Å². The summed E-state index contributed by atoms with van der Waals surface area (Å²) in [6, 6.07) is -0.267. The van der Waals surface area contributed by atoms with Gasteiger partial charge in [-0.3, -0.25) is 9.48 Å². The van der Waals surface area contributed by atoms with Crippen LogP contribution < -0.4 is 5.32 Å². The lowest BCUT2D eigenvalue weighted by Gasteiger charge is -2.09. The van der Waals surface area contributed by atoms with E-state index < -0.39 is 0 Å². The second kappa shape index (κ2) is 5.67. The molecule has 0 saturated heterocycles. The van der Waals surface area contributed by atoms with Gasteiger partial charge in [0.1, 0.15) is 6.04 Å². The Kier molecular flexibility index (Phi) is 3.72. The summed E-state index contributed by atoms with van der Waals surface area (Å²) < 4.78 is 6.96. The van der Waals surface area contributed by atoms with Crippen LogP contribution in [-0.4, -0.2) is 25.8 Å². The zero-order chi connectivity index (χ0) is 14.8. The minimum Gasteiger partial charge on any atom is -0.345 e. The summed E-state index contributed by atoms with van der Waals surface area (Å²) >= 11 is 0. The Morgan fingerprint density at radius 3 is 3.05 bits per heavy atom. The molecule has 3 rings (SSSR count). The van der Waals surface area contributed by atoms with Crippen molar-refractivity contribution in [3.05, 3.63) is 29.7 Å². The molecule has 0 aromatic carbocycles. The number of nitrogens with zero attached hydrogens (tertiary/aromatic N) is 4. The Morgan fingerprint density at radius 2 is 2.38 bits per heavy atom. The number of aromatic nitrogens is 4. The molecule has 7 nitrogen and oxygen atoms in total. The molecule has 1 saturated carbocycles. The van der Waals surface area contributed by atoms with Gasteiger partial charge in [-0.25, -0.2) is 0 Å². The molecule has 1 fully saturated rings. The van der Waals surface area contributed by atoms with Crippen molar-refractivity contribution in [2.75, 3.05) is 0 Å². The highest BCUT2D eigenvalue weighted by molar-refractivity contribution is 5.76. The maximum absolute atomic E-state index is 11.9. The highest BCUT2D eigenvalue weighted by atomic mass is 16.5. The molecule has 0 radical (unpaired) electrons. The summed E-state index contributed by atoms with van der Waals surface area (Å²) in [5, 5.41) is 11.0. The van der Waals surface area contributed by atoms with E-state index in [1.54, 1.807) is 10.9 Å². The largest absolute Gasteiger partial charge is 0.345 e. The number of amides is 1. The second-order valence-electron chi connectivity index (χ2n) is 5.59. The summed E-state index contributed by atoms with van der Waals surface area (Å²) in [5.74, 6) is 1.63. The summed E-state index contributed by atoms with van der Waals surface area (Å²) in [5.41, 5.74) is 1.09. The van der Waals surface area contributed by atoms with E-state index in [9.17, 15) is 4.79 Å². The van der Waals surface area contributed by atoms with Crippen molar-refractivity contribution in [2.24, 2.45) is 0 Å². The van der Waals surface area contributed by atoms with E-state index in [0.29, 0.717) is 24.8 Å². The predicted molar refractivity (Wildman–Crippen MR) is 74.4 cm³/mol. The smallest absolute Gasteiger partial charge is 0.248 e. The second-order valence-corrected chi connectivity index (χ2v) is 5.59. The van der Waals surface area contributed by atoms with Gasteiger partial charge >= 0.3 is 0 Å². The van der Waals surface area contributed by atoms with Crippen LogP contribution >= 0.6 is 0 Å². The molecule has 2 heterocycles. The number of hydrogen-bond acceptors (Lipinski definition) is 5. The van der Waals surface area contributed by atoms with E-state index >= 15 is 0 Å². The van der Waals surface area contributed by atoms with Crippen LogP contribution in [0.25, 0.3) is 0 Å². The van der Waals surface area contributed by atoms with E-state index in [2.05, 4.69) is 20.6 Å². The molecule has 112 valence electrons. The number of carbonyl (C=O) groups excluding carboxylic acids is 1. The first-order valence-electron chi connectivity index (χ1n) is 7.24. The van der Waals surface area contributed by atoms with Crippen LogP contribution in [0.5, 0.6) is 0 Å². The third-order valence-electron chi connectivity index (χ3n) is 3.48. The van der Waals surface area contributed by atoms with Crippen molar-refractivity contribution < 1.29 is 9.32 Å². The van der Waals surface area contributed by atoms with Gasteiger partial charge in [-0.2, -0.15) is 10.1 Å². The van der Waals surface area contributed by atoms with Crippen molar-refractivity contribution in [3.63, 3.8) is 0 Å². The summed E-state index contributed by atoms with van der Waals surface area (Å²) in [7, 11) is 0. The normalized spacial score (nSPS) is 15.9. The molecule has 1 N–H and O–H groups in total. The van der Waals surface area contributed by atoms with E-state index in [1.807, 2.05) is 20.0 Å². The lowest BCUT2D eigenvalue weighted by molar-refractivity contribution is -0.122. The first-order chi connectivity index (χ1) is 10.1. The third kappa shape index (κ3) is 3.48. The van der Waals surface area contributed by atoms with Crippen molar-refractivity contribution in [1.82, 2.24) is 25.2 Å². The molecule has 0 bridgehead atoms. The van der Waals surface area contributed by atoms with Gasteiger partial charge in [0.15, 0.2) is 5.82 Å². The molecular weight excluding hydrogens is 270 g/mol. The zero-order valence-electron chi connectivity index (χ0n) is 12.2. The van der Waals surface area contributed by atoms with Gasteiger partial charge in [-0.15, -0.1) is 0 Å². The van der Waals surface area contributed by atoms with Crippen LogP contribution in [-0.2, 0) is 11.3 Å². The van der Waals surface area contributed by atoms with Gasteiger partial charge in [0.2, 0.25) is 11.8 Å². The van der Waals surface area contributed by atoms with E-state index in [-0.39, 0.29) is 11.9 Å². The molecule has 21 heavy (non-hydrogen) atoms. The maximum atomic E-state index is 11.9. The molecule has 0 unspecified atom stereocenters. The lowest BCUT2D eigenvalue weighted by atomic mass is 10.3. The van der Waals surface area contributed by atoms with Gasteiger partial charge in [-0.1, -0.05) is 5.16 Å². The number of hydrogen-bond donors (Lipinski definition) is 1. The quantitative estimate of drug-likeness (QED) is 0.875. The van der Waals surface area contributed by atoms with Crippen molar-refractivity contribution >= 4 is 5.91 Å². The Balaban J connectivity index is 1.48. The van der Waals surface area contributed by atoms with Crippen molar-refractivity contribution in [1.29, 1.82) is 0 Å². The molecule has 2 aromatic rings. The average molecular weight is 289 g/mol. The Morgan fingerprint density at radius 1 is 1.57 bits per heavy atom. The molecule has 0 aliphatic heterocycles. The van der Waals surface area contributed by atoms with E-state index in [4.69, 9.17) is 4.52 Å². The van der Waals surface area contributed by atoms with Crippen LogP contribution in [0.2, 0.25) is 0 Å². The van der Waals surface area contributed by atoms with Crippen LogP contribution in [0.15, 0.2) is 16.9 Å². The van der Waals surface area contributed by atoms with Gasteiger partial charge < -0.3 is 9.84 Å². The minimum absolute atomic E-state index is 0.0539. The highest BCUT2D eigenvalue weighted by Crippen LogP contribution is 2.38. The molecule has 1 amide bonds. The fourth-order valence-corrected chi connectivity index (χ4v) is 2.11. The Hall–Kier alpha value is -2.18. The number of rotatable bonds is 6. The van der Waals surface area contributed by atoms with Crippen LogP contribution in [0.4, 0.5) is 0 Å². The van der Waals surface area contributed by atoms with Crippen molar-refractivity contribution in [3.8, 4) is 0 Å². The zero-order valence-corrected chi connectivity index (χ0v) is 12.2. The summed E-state index contributed by atoms with van der Waals surface area (Å²) in [6.07, 6.45) is 6.32. The molecule has 1 atom stereocenters. The van der Waals surface area contributed by atoms with Crippen LogP contribution in [0, 0.1) is 6.92 Å². The van der Waals surface area contributed by atoms with Crippen LogP contribution in [0.1, 0.15) is 55.4 Å². The first kappa shape index (κ1) is 13.8. The van der Waals surface area contributed by atoms with Gasteiger partial charge in [0.25, 0.3) is 0 Å². The van der Waals surface area contributed by atoms with E-state index in [1.165, 1.54) is 0 Å². The average Bonchev–Trinajstić information content (AvgIpc) is 3.03. The molecule has 1 aliphatic rings. The topological polar surface area (TPSA) is 85.8 Å². The Labute approximate surface area is 122 Å². The third-order valence-corrected chi connectivity index (χ3v) is 3.48. The number of carbonyl (C=O) groups is 1. The predicted octanol–water partition coefficient (Wildman–Crippen LogP) is 1.72. The van der Waals surface area contributed by atoms with Crippen molar-refractivity contribution in [2.45, 2.75) is 51.6 Å². The monoisotopic (exact) mass is 289 g/mol. The number of aryl methyl sites for hydroxylation is 2. The molecular formula is C14H19N5O2. The Bertz CT molecular complexity index is 629. The summed E-state index contributed by atoms with van der Waals surface area (Å²) in [4.78, 5) is 16.3. The molecule has 1 aliphatic carbocycles. The molecule has 7 heteroatoms. The highest BCUT2D eigenvalue weighted by Gasteiger charge is 2.29. The minimum atomic E-state index is -0.267. The molecule has 0 spiro atoms. The van der Waals surface area contributed by atoms with Crippen LogP contribution in [0.3, 0.4) is 0 Å².